The molecule has 6 heteroatoms. The van der Waals surface area contributed by atoms with Crippen LogP contribution in [0.25, 0.3) is 0 Å². The lowest BCUT2D eigenvalue weighted by Crippen LogP contribution is -2.26. The van der Waals surface area contributed by atoms with Crippen LogP contribution in [0.4, 0.5) is 5.69 Å². The van der Waals surface area contributed by atoms with E-state index in [1.165, 1.54) is 12.8 Å². The Morgan fingerprint density at radius 1 is 1.08 bits per heavy atom. The van der Waals surface area contributed by atoms with Gasteiger partial charge in [-0.15, -0.1) is 0 Å². The van der Waals surface area contributed by atoms with Crippen LogP contribution in [0.3, 0.4) is 0 Å². The van der Waals surface area contributed by atoms with Gasteiger partial charge < -0.3 is 15.0 Å². The summed E-state index contributed by atoms with van der Waals surface area (Å²) in [5, 5.41) is 3.38. The topological polar surface area (TPSA) is 41.6 Å². The fourth-order valence-electron chi connectivity index (χ4n) is 2.68. The first-order chi connectivity index (χ1) is 12.1. The molecule has 0 spiro atoms. The molecule has 130 valence electrons. The van der Waals surface area contributed by atoms with E-state index in [1.807, 2.05) is 24.3 Å². The van der Waals surface area contributed by atoms with Gasteiger partial charge in [-0.25, -0.2) is 0 Å². The number of nitrogens with one attached hydrogen (secondary N) is 1. The Morgan fingerprint density at radius 3 is 2.36 bits per heavy atom. The van der Waals surface area contributed by atoms with E-state index in [-0.39, 0.29) is 12.5 Å². The van der Waals surface area contributed by atoms with Gasteiger partial charge in [0.15, 0.2) is 6.61 Å². The van der Waals surface area contributed by atoms with Gasteiger partial charge in [0.25, 0.3) is 5.91 Å². The van der Waals surface area contributed by atoms with Gasteiger partial charge in [0.05, 0.1) is 0 Å². The third-order valence-electron chi connectivity index (χ3n) is 3.99. The van der Waals surface area contributed by atoms with E-state index in [0.717, 1.165) is 23.6 Å². The summed E-state index contributed by atoms with van der Waals surface area (Å²) < 4.78 is 5.53. The molecule has 1 aliphatic rings. The molecule has 1 fully saturated rings. The molecule has 1 N–H and O–H groups in total. The monoisotopic (exact) mass is 374 g/mol. The van der Waals surface area contributed by atoms with Crippen LogP contribution in [0.15, 0.2) is 48.5 Å². The van der Waals surface area contributed by atoms with Crippen LogP contribution >= 0.6 is 23.8 Å². The number of nitrogens with zero attached hydrogens (tertiary/aromatic N) is 1. The molecule has 0 aromatic heterocycles. The molecular formula is C19H19ClN2O2S. The van der Waals surface area contributed by atoms with Crippen molar-refractivity contribution in [1.29, 1.82) is 0 Å². The molecule has 0 atom stereocenters. The largest absolute Gasteiger partial charge is 0.484 e. The molecule has 0 aliphatic carbocycles. The lowest BCUT2D eigenvalue weighted by Gasteiger charge is -2.18. The number of hydrogen-bond donors (Lipinski definition) is 1. The summed E-state index contributed by atoms with van der Waals surface area (Å²) in [6.07, 6.45) is 2.40. The number of carbonyl (C=O) groups is 1. The van der Waals surface area contributed by atoms with Gasteiger partial charge in [-0.2, -0.15) is 0 Å². The van der Waals surface area contributed by atoms with Gasteiger partial charge in [0.1, 0.15) is 10.7 Å². The van der Waals surface area contributed by atoms with Crippen LogP contribution < -0.4 is 10.1 Å². The summed E-state index contributed by atoms with van der Waals surface area (Å²) in [7, 11) is 0. The van der Waals surface area contributed by atoms with Crippen LogP contribution in [0, 0.1) is 0 Å². The quantitative estimate of drug-likeness (QED) is 0.799. The molecule has 0 unspecified atom stereocenters. The van der Waals surface area contributed by atoms with E-state index < -0.39 is 0 Å². The molecule has 4 nitrogen and oxygen atoms in total. The summed E-state index contributed by atoms with van der Waals surface area (Å²) in [5.41, 5.74) is 1.69. The number of anilines is 1. The fraction of sp³-hybridized carbons (Fsp3) is 0.263. The predicted octanol–water partition coefficient (Wildman–Crippen LogP) is 4.13. The summed E-state index contributed by atoms with van der Waals surface area (Å²) in [6, 6.07) is 14.5. The summed E-state index contributed by atoms with van der Waals surface area (Å²) in [5.74, 6) is 0.415. The highest BCUT2D eigenvalue weighted by Gasteiger charge is 2.16. The zero-order chi connectivity index (χ0) is 17.6. The molecule has 3 rings (SSSR count). The molecule has 0 radical (unpaired) electrons. The standard InChI is InChI=1S/C19H19ClN2O2S/c20-15-5-7-16(8-6-15)21-18(23)13-24-17-9-3-14(4-10-17)19(25)22-11-1-2-12-22/h3-10H,1-2,11-13H2,(H,21,23). The van der Waals surface area contributed by atoms with E-state index in [4.69, 9.17) is 28.6 Å². The van der Waals surface area contributed by atoms with Crippen LogP contribution in [-0.2, 0) is 4.79 Å². The number of ether oxygens (including phenoxy) is 1. The molecule has 2 aromatic rings. The molecule has 2 aromatic carbocycles. The molecule has 1 saturated heterocycles. The minimum Gasteiger partial charge on any atom is -0.484 e. The van der Waals surface area contributed by atoms with Gasteiger partial charge in [0.2, 0.25) is 0 Å². The Bertz CT molecular complexity index is 741. The Labute approximate surface area is 157 Å². The second-order valence-corrected chi connectivity index (χ2v) is 6.69. The Kier molecular flexibility index (Phi) is 5.89. The van der Waals surface area contributed by atoms with Crippen molar-refractivity contribution in [2.45, 2.75) is 12.8 Å². The molecule has 1 amide bonds. The third-order valence-corrected chi connectivity index (χ3v) is 4.74. The number of hydrogen-bond acceptors (Lipinski definition) is 3. The molecular weight excluding hydrogens is 356 g/mol. The number of rotatable bonds is 5. The molecule has 0 saturated carbocycles. The van der Waals surface area contributed by atoms with Crippen molar-refractivity contribution in [3.8, 4) is 5.75 Å². The number of thiocarbonyl (C=S) groups is 1. The zero-order valence-corrected chi connectivity index (χ0v) is 15.3. The first-order valence-electron chi connectivity index (χ1n) is 8.19. The number of benzene rings is 2. The van der Waals surface area contributed by atoms with Crippen molar-refractivity contribution in [2.75, 3.05) is 25.0 Å². The molecule has 1 aliphatic heterocycles. The van der Waals surface area contributed by atoms with Crippen molar-refractivity contribution >= 4 is 40.4 Å². The average Bonchev–Trinajstić information content (AvgIpc) is 3.16. The Hall–Kier alpha value is -2.11. The highest BCUT2D eigenvalue weighted by molar-refractivity contribution is 7.80. The minimum atomic E-state index is -0.223. The maximum absolute atomic E-state index is 11.9. The van der Waals surface area contributed by atoms with Crippen LogP contribution in [0.2, 0.25) is 5.02 Å². The molecule has 25 heavy (non-hydrogen) atoms. The van der Waals surface area contributed by atoms with Crippen LogP contribution in [0.1, 0.15) is 18.4 Å². The van der Waals surface area contributed by atoms with E-state index in [2.05, 4.69) is 10.2 Å². The first-order valence-corrected chi connectivity index (χ1v) is 8.98. The van der Waals surface area contributed by atoms with E-state index in [0.29, 0.717) is 16.5 Å². The lowest BCUT2D eigenvalue weighted by atomic mass is 10.2. The van der Waals surface area contributed by atoms with Crippen molar-refractivity contribution in [3.63, 3.8) is 0 Å². The molecule has 0 bridgehead atoms. The Balaban J connectivity index is 1.50. The maximum atomic E-state index is 11.9. The summed E-state index contributed by atoms with van der Waals surface area (Å²) >= 11 is 11.3. The lowest BCUT2D eigenvalue weighted by molar-refractivity contribution is -0.118. The predicted molar refractivity (Wildman–Crippen MR) is 105 cm³/mol. The van der Waals surface area contributed by atoms with Crippen molar-refractivity contribution in [2.24, 2.45) is 0 Å². The third kappa shape index (κ3) is 4.94. The highest BCUT2D eigenvalue weighted by Crippen LogP contribution is 2.18. The van der Waals surface area contributed by atoms with E-state index in [9.17, 15) is 4.79 Å². The number of amides is 1. The zero-order valence-electron chi connectivity index (χ0n) is 13.7. The van der Waals surface area contributed by atoms with Crippen LogP contribution in [-0.4, -0.2) is 35.5 Å². The van der Waals surface area contributed by atoms with Gasteiger partial charge in [0, 0.05) is 29.4 Å². The normalized spacial score (nSPS) is 13.6. The van der Waals surface area contributed by atoms with E-state index >= 15 is 0 Å². The minimum absolute atomic E-state index is 0.0570. The summed E-state index contributed by atoms with van der Waals surface area (Å²) in [4.78, 5) is 15.0. The van der Waals surface area contributed by atoms with Crippen molar-refractivity contribution < 1.29 is 9.53 Å². The Morgan fingerprint density at radius 2 is 1.72 bits per heavy atom. The van der Waals surface area contributed by atoms with E-state index in [1.54, 1.807) is 24.3 Å². The number of likely N-dealkylation sites (tertiary alicyclic amines) is 1. The molecule has 1 heterocycles. The second-order valence-electron chi connectivity index (χ2n) is 5.87. The first kappa shape index (κ1) is 17.7. The van der Waals surface area contributed by atoms with Crippen molar-refractivity contribution in [1.82, 2.24) is 4.90 Å². The number of halogens is 1. The van der Waals surface area contributed by atoms with Gasteiger partial charge in [-0.05, 0) is 61.4 Å². The SMILES string of the molecule is O=C(COc1ccc(C(=S)N2CCCC2)cc1)Nc1ccc(Cl)cc1. The van der Waals surface area contributed by atoms with Gasteiger partial charge >= 0.3 is 0 Å². The summed E-state index contributed by atoms with van der Waals surface area (Å²) in [6.45, 7) is 2.00. The maximum Gasteiger partial charge on any atom is 0.262 e. The second kappa shape index (κ2) is 8.32. The number of carbonyl (C=O) groups excluding carboxylic acids is 1. The van der Waals surface area contributed by atoms with Crippen LogP contribution in [0.5, 0.6) is 5.75 Å². The highest BCUT2D eigenvalue weighted by atomic mass is 35.5. The van der Waals surface area contributed by atoms with Gasteiger partial charge in [-0.3, -0.25) is 4.79 Å². The average molecular weight is 375 g/mol. The van der Waals surface area contributed by atoms with Gasteiger partial charge in [-0.1, -0.05) is 23.8 Å². The smallest absolute Gasteiger partial charge is 0.262 e. The van der Waals surface area contributed by atoms with Crippen molar-refractivity contribution in [3.05, 3.63) is 59.1 Å². The fourth-order valence-corrected chi connectivity index (χ4v) is 3.12.